The molecule has 0 saturated carbocycles. The minimum absolute atomic E-state index is 0.280. The first-order valence-electron chi connectivity index (χ1n) is 3.91. The summed E-state index contributed by atoms with van der Waals surface area (Å²) in [5, 5.41) is 0. The molecule has 1 atom stereocenters. The second-order valence-electron chi connectivity index (χ2n) is 3.12. The third-order valence-electron chi connectivity index (χ3n) is 1.69. The molecule has 0 aliphatic rings. The van der Waals surface area contributed by atoms with E-state index in [-0.39, 0.29) is 6.04 Å². The van der Waals surface area contributed by atoms with Crippen molar-refractivity contribution in [3.05, 3.63) is 21.4 Å². The average molecular weight is 169 g/mol. The van der Waals surface area contributed by atoms with Crippen molar-refractivity contribution in [2.45, 2.75) is 33.2 Å². The number of thiophene rings is 1. The van der Waals surface area contributed by atoms with E-state index in [4.69, 9.17) is 5.73 Å². The molecule has 0 amide bonds. The molecule has 1 aromatic heterocycles. The normalized spacial score (nSPS) is 13.5. The monoisotopic (exact) mass is 169 g/mol. The quantitative estimate of drug-likeness (QED) is 0.722. The maximum absolute atomic E-state index is 5.71. The van der Waals surface area contributed by atoms with Crippen molar-refractivity contribution in [3.8, 4) is 0 Å². The summed E-state index contributed by atoms with van der Waals surface area (Å²) in [5.74, 6) is 0. The molecule has 0 fully saturated rings. The molecule has 2 heteroatoms. The average Bonchev–Trinajstić information content (AvgIpc) is 2.09. The Kier molecular flexibility index (Phi) is 2.68. The Morgan fingerprint density at radius 1 is 1.55 bits per heavy atom. The van der Waals surface area contributed by atoms with E-state index in [1.165, 1.54) is 15.3 Å². The van der Waals surface area contributed by atoms with Crippen molar-refractivity contribution >= 4 is 11.3 Å². The summed E-state index contributed by atoms with van der Waals surface area (Å²) in [6.45, 7) is 6.35. The maximum Gasteiger partial charge on any atom is 0.00513 e. The highest BCUT2D eigenvalue weighted by Gasteiger charge is 2.04. The van der Waals surface area contributed by atoms with Gasteiger partial charge in [-0.15, -0.1) is 11.3 Å². The van der Waals surface area contributed by atoms with E-state index in [1.54, 1.807) is 0 Å². The Balaban J connectivity index is 2.77. The van der Waals surface area contributed by atoms with Gasteiger partial charge in [0, 0.05) is 15.8 Å². The van der Waals surface area contributed by atoms with Gasteiger partial charge in [-0.25, -0.2) is 0 Å². The maximum atomic E-state index is 5.71. The largest absolute Gasteiger partial charge is 0.328 e. The van der Waals surface area contributed by atoms with Gasteiger partial charge in [0.15, 0.2) is 0 Å². The van der Waals surface area contributed by atoms with Crippen molar-refractivity contribution in [1.82, 2.24) is 0 Å². The second-order valence-corrected chi connectivity index (χ2v) is 4.58. The predicted octanol–water partition coefficient (Wildman–Crippen LogP) is 2.25. The van der Waals surface area contributed by atoms with Gasteiger partial charge in [0.05, 0.1) is 0 Å². The lowest BCUT2D eigenvalue weighted by Crippen LogP contribution is -2.17. The number of hydrogen-bond donors (Lipinski definition) is 1. The molecule has 1 nitrogen and oxygen atoms in total. The summed E-state index contributed by atoms with van der Waals surface area (Å²) in [6.07, 6.45) is 1.01. The Morgan fingerprint density at radius 3 is 2.55 bits per heavy atom. The Bertz CT molecular complexity index is 238. The number of rotatable bonds is 2. The zero-order valence-electron chi connectivity index (χ0n) is 7.35. The van der Waals surface area contributed by atoms with Crippen LogP contribution >= 0.6 is 11.3 Å². The van der Waals surface area contributed by atoms with E-state index in [0.717, 1.165) is 6.42 Å². The van der Waals surface area contributed by atoms with Crippen molar-refractivity contribution < 1.29 is 0 Å². The third-order valence-corrected chi connectivity index (χ3v) is 2.69. The molecule has 0 aromatic carbocycles. The van der Waals surface area contributed by atoms with Crippen molar-refractivity contribution in [3.63, 3.8) is 0 Å². The molecule has 0 saturated heterocycles. The van der Waals surface area contributed by atoms with E-state index in [0.29, 0.717) is 0 Å². The molecule has 1 aromatic rings. The molecule has 0 bridgehead atoms. The van der Waals surface area contributed by atoms with E-state index in [9.17, 15) is 0 Å². The van der Waals surface area contributed by atoms with Crippen LogP contribution in [0.2, 0.25) is 0 Å². The van der Waals surface area contributed by atoms with Gasteiger partial charge in [-0.3, -0.25) is 0 Å². The summed E-state index contributed by atoms with van der Waals surface area (Å²) in [5.41, 5.74) is 7.13. The van der Waals surface area contributed by atoms with Crippen LogP contribution in [0.4, 0.5) is 0 Å². The summed E-state index contributed by atoms with van der Waals surface area (Å²) >= 11 is 1.86. The van der Waals surface area contributed by atoms with Gasteiger partial charge in [0.2, 0.25) is 0 Å². The van der Waals surface area contributed by atoms with Gasteiger partial charge in [-0.2, -0.15) is 0 Å². The minimum atomic E-state index is 0.280. The highest BCUT2D eigenvalue weighted by atomic mass is 32.1. The van der Waals surface area contributed by atoms with Gasteiger partial charge in [-0.1, -0.05) is 0 Å². The van der Waals surface area contributed by atoms with E-state index < -0.39 is 0 Å². The molecular formula is C9H15NS. The zero-order valence-corrected chi connectivity index (χ0v) is 8.16. The fourth-order valence-electron chi connectivity index (χ4n) is 1.23. The van der Waals surface area contributed by atoms with Crippen LogP contribution in [0.15, 0.2) is 6.07 Å². The molecule has 1 rings (SSSR count). The molecule has 1 heterocycles. The van der Waals surface area contributed by atoms with Crippen LogP contribution in [0.5, 0.6) is 0 Å². The summed E-state index contributed by atoms with van der Waals surface area (Å²) in [7, 11) is 0. The zero-order chi connectivity index (χ0) is 8.43. The SMILES string of the molecule is Cc1cc(C[C@@H](C)N)c(C)s1. The van der Waals surface area contributed by atoms with Gasteiger partial charge < -0.3 is 5.73 Å². The molecular weight excluding hydrogens is 154 g/mol. The number of aryl methyl sites for hydroxylation is 2. The fraction of sp³-hybridized carbons (Fsp3) is 0.556. The molecule has 11 heavy (non-hydrogen) atoms. The molecule has 0 unspecified atom stereocenters. The Morgan fingerprint density at radius 2 is 2.18 bits per heavy atom. The van der Waals surface area contributed by atoms with Gasteiger partial charge in [0.25, 0.3) is 0 Å². The Hall–Kier alpha value is -0.340. The second kappa shape index (κ2) is 3.37. The van der Waals surface area contributed by atoms with Crippen LogP contribution in [-0.4, -0.2) is 6.04 Å². The lowest BCUT2D eigenvalue weighted by molar-refractivity contribution is 0.737. The van der Waals surface area contributed by atoms with E-state index in [1.807, 2.05) is 18.3 Å². The molecule has 0 aliphatic carbocycles. The van der Waals surface area contributed by atoms with Crippen LogP contribution in [0, 0.1) is 13.8 Å². The number of hydrogen-bond acceptors (Lipinski definition) is 2. The standard InChI is InChI=1S/C9H15NS/c1-6(10)4-9-5-7(2)11-8(9)3/h5-6H,4,10H2,1-3H3/t6-/m1/s1. The third kappa shape index (κ3) is 2.31. The summed E-state index contributed by atoms with van der Waals surface area (Å²) < 4.78 is 0. The highest BCUT2D eigenvalue weighted by molar-refractivity contribution is 7.12. The highest BCUT2D eigenvalue weighted by Crippen LogP contribution is 2.21. The summed E-state index contributed by atoms with van der Waals surface area (Å²) in [4.78, 5) is 2.80. The lowest BCUT2D eigenvalue weighted by atomic mass is 10.1. The molecule has 2 N–H and O–H groups in total. The number of nitrogens with two attached hydrogens (primary N) is 1. The first-order valence-corrected chi connectivity index (χ1v) is 4.72. The first-order chi connectivity index (χ1) is 5.09. The van der Waals surface area contributed by atoms with E-state index in [2.05, 4.69) is 19.9 Å². The molecule has 62 valence electrons. The lowest BCUT2D eigenvalue weighted by Gasteiger charge is -2.02. The van der Waals surface area contributed by atoms with Gasteiger partial charge in [-0.05, 0) is 38.8 Å². The molecule has 0 radical (unpaired) electrons. The molecule has 0 spiro atoms. The van der Waals surface area contributed by atoms with Crippen LogP contribution in [-0.2, 0) is 6.42 Å². The van der Waals surface area contributed by atoms with Gasteiger partial charge in [0.1, 0.15) is 0 Å². The smallest absolute Gasteiger partial charge is 0.00513 e. The van der Waals surface area contributed by atoms with Crippen molar-refractivity contribution in [1.29, 1.82) is 0 Å². The minimum Gasteiger partial charge on any atom is -0.328 e. The van der Waals surface area contributed by atoms with Crippen LogP contribution in [0.3, 0.4) is 0 Å². The van der Waals surface area contributed by atoms with Crippen LogP contribution < -0.4 is 5.73 Å². The Labute approximate surface area is 72.2 Å². The molecule has 0 aliphatic heterocycles. The first kappa shape index (κ1) is 8.75. The fourth-order valence-corrected chi connectivity index (χ4v) is 2.19. The van der Waals surface area contributed by atoms with Crippen molar-refractivity contribution in [2.24, 2.45) is 5.73 Å². The van der Waals surface area contributed by atoms with Crippen LogP contribution in [0.1, 0.15) is 22.2 Å². The van der Waals surface area contributed by atoms with Crippen molar-refractivity contribution in [2.75, 3.05) is 0 Å². The summed E-state index contributed by atoms with van der Waals surface area (Å²) in [6, 6.07) is 2.52. The van der Waals surface area contributed by atoms with Crippen LogP contribution in [0.25, 0.3) is 0 Å². The topological polar surface area (TPSA) is 26.0 Å². The van der Waals surface area contributed by atoms with E-state index >= 15 is 0 Å². The van der Waals surface area contributed by atoms with Gasteiger partial charge >= 0.3 is 0 Å². The predicted molar refractivity (Wildman–Crippen MR) is 51.1 cm³/mol.